The normalized spacial score (nSPS) is 14.6. The first-order valence-corrected chi connectivity index (χ1v) is 10.0. The lowest BCUT2D eigenvalue weighted by Crippen LogP contribution is -2.47. The first-order valence-electron chi connectivity index (χ1n) is 10.0. The number of piperazine rings is 1. The van der Waals surface area contributed by atoms with Gasteiger partial charge in [0.05, 0.1) is 19.5 Å². The monoisotopic (exact) mass is 408 g/mol. The van der Waals surface area contributed by atoms with E-state index in [-0.39, 0.29) is 5.69 Å². The summed E-state index contributed by atoms with van der Waals surface area (Å²) in [5.74, 6) is 2.22. The van der Waals surface area contributed by atoms with Crippen LogP contribution in [-0.4, -0.2) is 62.4 Å². The van der Waals surface area contributed by atoms with E-state index < -0.39 is 0 Å². The summed E-state index contributed by atoms with van der Waals surface area (Å²) in [6.45, 7) is 5.88. The molecule has 0 bridgehead atoms. The number of anilines is 1. The Morgan fingerprint density at radius 3 is 2.57 bits per heavy atom. The molecule has 4 rings (SSSR count). The second-order valence-corrected chi connectivity index (χ2v) is 6.86. The summed E-state index contributed by atoms with van der Waals surface area (Å²) in [7, 11) is 0. The Morgan fingerprint density at radius 2 is 1.83 bits per heavy atom. The molecule has 0 amide bonds. The second kappa shape index (κ2) is 9.96. The van der Waals surface area contributed by atoms with Gasteiger partial charge in [-0.25, -0.2) is 0 Å². The van der Waals surface area contributed by atoms with Crippen LogP contribution in [0.3, 0.4) is 0 Å². The average molecular weight is 408 g/mol. The van der Waals surface area contributed by atoms with E-state index in [9.17, 15) is 5.26 Å². The quantitative estimate of drug-likeness (QED) is 0.499. The van der Waals surface area contributed by atoms with E-state index in [1.54, 1.807) is 18.4 Å². The van der Waals surface area contributed by atoms with Crippen LogP contribution in [0.25, 0.3) is 11.7 Å². The van der Waals surface area contributed by atoms with Crippen molar-refractivity contribution < 1.29 is 18.3 Å². The van der Waals surface area contributed by atoms with Gasteiger partial charge in [0, 0.05) is 32.7 Å². The molecule has 1 aromatic carbocycles. The van der Waals surface area contributed by atoms with Gasteiger partial charge in [0.2, 0.25) is 11.6 Å². The molecule has 3 aromatic rings. The van der Waals surface area contributed by atoms with Crippen molar-refractivity contribution in [3.8, 4) is 23.5 Å². The summed E-state index contributed by atoms with van der Waals surface area (Å²) in [5.41, 5.74) is 0.289. The van der Waals surface area contributed by atoms with E-state index in [1.165, 1.54) is 0 Å². The fraction of sp³-hybridized carbons (Fsp3) is 0.364. The third kappa shape index (κ3) is 5.00. The summed E-state index contributed by atoms with van der Waals surface area (Å²) in [4.78, 5) is 8.65. The van der Waals surface area contributed by atoms with E-state index in [0.717, 1.165) is 38.5 Å². The predicted molar refractivity (Wildman–Crippen MR) is 110 cm³/mol. The van der Waals surface area contributed by atoms with Crippen molar-refractivity contribution in [3.05, 3.63) is 54.4 Å². The molecule has 30 heavy (non-hydrogen) atoms. The maximum atomic E-state index is 9.40. The third-order valence-corrected chi connectivity index (χ3v) is 4.90. The number of para-hydroxylation sites is 1. The highest BCUT2D eigenvalue weighted by atomic mass is 16.5. The van der Waals surface area contributed by atoms with Crippen LogP contribution in [0.2, 0.25) is 0 Å². The van der Waals surface area contributed by atoms with Crippen LogP contribution in [0.5, 0.6) is 5.75 Å². The van der Waals surface area contributed by atoms with E-state index >= 15 is 0 Å². The number of nitrogens with zero attached hydrogens (tertiary/aromatic N) is 4. The van der Waals surface area contributed by atoms with Crippen molar-refractivity contribution in [2.45, 2.75) is 0 Å². The number of hydrogen-bond donors (Lipinski definition) is 0. The van der Waals surface area contributed by atoms with Crippen molar-refractivity contribution in [2.75, 3.05) is 57.4 Å². The van der Waals surface area contributed by atoms with Crippen LogP contribution in [0.1, 0.15) is 5.69 Å². The summed E-state index contributed by atoms with van der Waals surface area (Å²) < 4.78 is 22.5. The summed E-state index contributed by atoms with van der Waals surface area (Å²) in [5, 5.41) is 9.40. The molecule has 1 aliphatic rings. The van der Waals surface area contributed by atoms with Crippen molar-refractivity contribution in [2.24, 2.45) is 0 Å². The summed E-state index contributed by atoms with van der Waals surface area (Å²) in [6, 6.07) is 15.4. The standard InChI is InChI=1S/C22H24N4O4/c23-17-19-22(30-21(24-19)20-7-4-13-29-20)26-10-8-25(9-11-26)12-14-27-15-16-28-18-5-2-1-3-6-18/h1-7,13H,8-12,14-16H2. The molecule has 8 heteroatoms. The van der Waals surface area contributed by atoms with Gasteiger partial charge in [-0.3, -0.25) is 4.90 Å². The molecule has 2 aromatic heterocycles. The Kier molecular flexibility index (Phi) is 6.65. The second-order valence-electron chi connectivity index (χ2n) is 6.86. The summed E-state index contributed by atoms with van der Waals surface area (Å²) >= 11 is 0. The topological polar surface area (TPSA) is 87.9 Å². The third-order valence-electron chi connectivity index (χ3n) is 4.90. The van der Waals surface area contributed by atoms with Crippen LogP contribution in [0.4, 0.5) is 5.88 Å². The van der Waals surface area contributed by atoms with Gasteiger partial charge >= 0.3 is 0 Å². The zero-order valence-electron chi connectivity index (χ0n) is 16.7. The molecule has 1 saturated heterocycles. The van der Waals surface area contributed by atoms with Gasteiger partial charge in [-0.2, -0.15) is 10.2 Å². The fourth-order valence-corrected chi connectivity index (χ4v) is 3.31. The Balaban J connectivity index is 1.18. The van der Waals surface area contributed by atoms with Gasteiger partial charge in [-0.05, 0) is 24.3 Å². The largest absolute Gasteiger partial charge is 0.491 e. The maximum absolute atomic E-state index is 9.40. The van der Waals surface area contributed by atoms with Crippen molar-refractivity contribution >= 4 is 5.88 Å². The predicted octanol–water partition coefficient (Wildman–Crippen LogP) is 3.02. The van der Waals surface area contributed by atoms with Crippen LogP contribution >= 0.6 is 0 Å². The van der Waals surface area contributed by atoms with Crippen molar-refractivity contribution in [1.82, 2.24) is 9.88 Å². The lowest BCUT2D eigenvalue weighted by molar-refractivity contribution is 0.0781. The van der Waals surface area contributed by atoms with E-state index in [0.29, 0.717) is 37.4 Å². The number of ether oxygens (including phenoxy) is 2. The molecule has 0 N–H and O–H groups in total. The number of aromatic nitrogens is 1. The Morgan fingerprint density at radius 1 is 1.00 bits per heavy atom. The lowest BCUT2D eigenvalue weighted by Gasteiger charge is -2.34. The molecule has 0 aliphatic carbocycles. The number of hydrogen-bond acceptors (Lipinski definition) is 8. The number of nitriles is 1. The van der Waals surface area contributed by atoms with Gasteiger partial charge in [0.1, 0.15) is 18.4 Å². The number of oxazole rings is 1. The Bertz CT molecular complexity index is 941. The minimum absolute atomic E-state index is 0.289. The fourth-order valence-electron chi connectivity index (χ4n) is 3.31. The molecule has 8 nitrogen and oxygen atoms in total. The Hall–Kier alpha value is -3.28. The zero-order valence-corrected chi connectivity index (χ0v) is 16.7. The van der Waals surface area contributed by atoms with E-state index in [1.807, 2.05) is 30.3 Å². The smallest absolute Gasteiger partial charge is 0.266 e. The highest BCUT2D eigenvalue weighted by Crippen LogP contribution is 2.29. The van der Waals surface area contributed by atoms with E-state index in [4.69, 9.17) is 18.3 Å². The van der Waals surface area contributed by atoms with Crippen LogP contribution in [-0.2, 0) is 4.74 Å². The van der Waals surface area contributed by atoms with Crippen LogP contribution < -0.4 is 9.64 Å². The first kappa shape index (κ1) is 20.0. The highest BCUT2D eigenvalue weighted by Gasteiger charge is 2.25. The molecular weight excluding hydrogens is 384 g/mol. The van der Waals surface area contributed by atoms with Gasteiger partial charge in [-0.1, -0.05) is 18.2 Å². The molecule has 0 saturated carbocycles. The minimum atomic E-state index is 0.289. The first-order chi connectivity index (χ1) is 14.8. The zero-order chi connectivity index (χ0) is 20.6. The van der Waals surface area contributed by atoms with Gasteiger partial charge in [-0.15, -0.1) is 0 Å². The lowest BCUT2D eigenvalue weighted by atomic mass is 10.3. The molecule has 0 radical (unpaired) electrons. The minimum Gasteiger partial charge on any atom is -0.491 e. The average Bonchev–Trinajstić information content (AvgIpc) is 3.47. The van der Waals surface area contributed by atoms with Crippen LogP contribution in [0, 0.1) is 11.3 Å². The van der Waals surface area contributed by atoms with E-state index in [2.05, 4.69) is 20.9 Å². The highest BCUT2D eigenvalue weighted by molar-refractivity contribution is 5.55. The molecule has 1 aliphatic heterocycles. The molecule has 1 fully saturated rings. The molecule has 0 atom stereocenters. The molecule has 156 valence electrons. The Labute approximate surface area is 175 Å². The number of benzene rings is 1. The van der Waals surface area contributed by atoms with Gasteiger partial charge in [0.25, 0.3) is 5.89 Å². The summed E-state index contributed by atoms with van der Waals surface area (Å²) in [6.07, 6.45) is 1.56. The van der Waals surface area contributed by atoms with Crippen molar-refractivity contribution in [3.63, 3.8) is 0 Å². The number of furan rings is 1. The van der Waals surface area contributed by atoms with Gasteiger partial charge in [0.15, 0.2) is 5.76 Å². The number of rotatable bonds is 9. The molecular formula is C22H24N4O4. The van der Waals surface area contributed by atoms with Crippen molar-refractivity contribution in [1.29, 1.82) is 5.26 Å². The molecule has 0 unspecified atom stereocenters. The SMILES string of the molecule is N#Cc1nc(-c2ccco2)oc1N1CCN(CCOCCOc2ccccc2)CC1. The maximum Gasteiger partial charge on any atom is 0.266 e. The van der Waals surface area contributed by atoms with Gasteiger partial charge < -0.3 is 23.2 Å². The molecule has 3 heterocycles. The molecule has 0 spiro atoms. The van der Waals surface area contributed by atoms with Crippen LogP contribution in [0.15, 0.2) is 57.6 Å².